The van der Waals surface area contributed by atoms with Crippen LogP contribution < -0.4 is 0 Å². The molecule has 0 amide bonds. The van der Waals surface area contributed by atoms with Gasteiger partial charge in [0.05, 0.1) is 0 Å². The molecule has 1 atom stereocenters. The minimum Gasteiger partial charge on any atom is -0.396 e. The normalized spacial score (nSPS) is 13.4. The molecule has 0 saturated carbocycles. The smallest absolute Gasteiger partial charge is 0.0431 e. The number of alkyl halides is 1. The van der Waals surface area contributed by atoms with Gasteiger partial charge in [0.2, 0.25) is 0 Å². The zero-order valence-corrected chi connectivity index (χ0v) is 8.11. The summed E-state index contributed by atoms with van der Waals surface area (Å²) in [6, 6.07) is 0. The van der Waals surface area contributed by atoms with Crippen molar-refractivity contribution in [3.8, 4) is 0 Å². The summed E-state index contributed by atoms with van der Waals surface area (Å²) in [5, 5.41) is 8.57. The monoisotopic (exact) mass is 178 g/mol. The maximum atomic E-state index is 8.57. The van der Waals surface area contributed by atoms with E-state index >= 15 is 0 Å². The minimum atomic E-state index is 0.333. The second-order valence-corrected chi connectivity index (χ2v) is 3.53. The molecule has 68 valence electrons. The summed E-state index contributed by atoms with van der Waals surface area (Å²) >= 11 is 5.55. The fraction of sp³-hybridized carbons (Fsp3) is 1.00. The number of aliphatic hydroxyl groups is 1. The Morgan fingerprint density at radius 2 is 1.82 bits per heavy atom. The summed E-state index contributed by atoms with van der Waals surface area (Å²) in [7, 11) is 0. The van der Waals surface area contributed by atoms with Crippen LogP contribution in [0.5, 0.6) is 0 Å². The van der Waals surface area contributed by atoms with Crippen molar-refractivity contribution in [1.29, 1.82) is 0 Å². The molecule has 11 heavy (non-hydrogen) atoms. The first kappa shape index (κ1) is 11.2. The first-order valence-corrected chi connectivity index (χ1v) is 5.01. The first-order chi connectivity index (χ1) is 5.31. The largest absolute Gasteiger partial charge is 0.396 e. The summed E-state index contributed by atoms with van der Waals surface area (Å²) in [4.78, 5) is 0. The van der Waals surface area contributed by atoms with Crippen LogP contribution in [-0.2, 0) is 0 Å². The number of hydrogen-bond acceptors (Lipinski definition) is 1. The lowest BCUT2D eigenvalue weighted by atomic mass is 9.99. The molecule has 0 fully saturated rings. The van der Waals surface area contributed by atoms with E-state index in [4.69, 9.17) is 16.7 Å². The van der Waals surface area contributed by atoms with Crippen LogP contribution in [0.2, 0.25) is 0 Å². The number of hydrogen-bond donors (Lipinski definition) is 1. The Kier molecular flexibility index (Phi) is 8.54. The van der Waals surface area contributed by atoms with Gasteiger partial charge in [0.25, 0.3) is 0 Å². The number of aliphatic hydroxyl groups excluding tert-OH is 1. The molecule has 0 aliphatic carbocycles. The average molecular weight is 179 g/mol. The van der Waals surface area contributed by atoms with Gasteiger partial charge < -0.3 is 5.11 Å². The van der Waals surface area contributed by atoms with E-state index in [1.807, 2.05) is 0 Å². The van der Waals surface area contributed by atoms with Gasteiger partial charge >= 0.3 is 0 Å². The topological polar surface area (TPSA) is 20.2 Å². The molecule has 0 unspecified atom stereocenters. The summed E-state index contributed by atoms with van der Waals surface area (Å²) in [5.74, 6) is 1.54. The molecule has 0 saturated heterocycles. The fourth-order valence-corrected chi connectivity index (χ4v) is 1.36. The first-order valence-electron chi connectivity index (χ1n) is 4.48. The Morgan fingerprint density at radius 1 is 1.18 bits per heavy atom. The van der Waals surface area contributed by atoms with Crippen LogP contribution in [0.15, 0.2) is 0 Å². The van der Waals surface area contributed by atoms with E-state index < -0.39 is 0 Å². The zero-order chi connectivity index (χ0) is 8.53. The summed E-state index contributed by atoms with van der Waals surface area (Å²) in [6.07, 6.45) is 5.72. The van der Waals surface area contributed by atoms with Crippen molar-refractivity contribution in [2.24, 2.45) is 5.92 Å². The highest BCUT2D eigenvalue weighted by Crippen LogP contribution is 2.13. The second kappa shape index (κ2) is 8.35. The maximum Gasteiger partial charge on any atom is 0.0431 e. The number of rotatable bonds is 7. The minimum absolute atomic E-state index is 0.333. The third-order valence-electron chi connectivity index (χ3n) is 1.94. The lowest BCUT2D eigenvalue weighted by Crippen LogP contribution is -1.96. The highest BCUT2D eigenvalue weighted by molar-refractivity contribution is 6.17. The highest BCUT2D eigenvalue weighted by Gasteiger charge is 2.00. The molecular weight excluding hydrogens is 160 g/mol. The Morgan fingerprint density at radius 3 is 2.36 bits per heavy atom. The van der Waals surface area contributed by atoms with Crippen molar-refractivity contribution in [2.75, 3.05) is 12.5 Å². The molecule has 2 heteroatoms. The molecule has 0 aromatic rings. The van der Waals surface area contributed by atoms with Crippen LogP contribution in [0, 0.1) is 5.92 Å². The van der Waals surface area contributed by atoms with Gasteiger partial charge in [-0.2, -0.15) is 0 Å². The van der Waals surface area contributed by atoms with Crippen molar-refractivity contribution < 1.29 is 5.11 Å². The van der Waals surface area contributed by atoms with E-state index in [-0.39, 0.29) is 0 Å². The Hall–Kier alpha value is 0.250. The molecule has 0 bridgehead atoms. The molecule has 1 N–H and O–H groups in total. The van der Waals surface area contributed by atoms with Crippen LogP contribution in [-0.4, -0.2) is 17.6 Å². The molecule has 0 heterocycles. The van der Waals surface area contributed by atoms with Gasteiger partial charge in [0.1, 0.15) is 0 Å². The van der Waals surface area contributed by atoms with Gasteiger partial charge in [-0.1, -0.05) is 19.8 Å². The van der Waals surface area contributed by atoms with E-state index in [1.165, 1.54) is 12.8 Å². The summed E-state index contributed by atoms with van der Waals surface area (Å²) < 4.78 is 0. The maximum absolute atomic E-state index is 8.57. The van der Waals surface area contributed by atoms with Crippen molar-refractivity contribution in [3.63, 3.8) is 0 Å². The van der Waals surface area contributed by atoms with Crippen molar-refractivity contribution >= 4 is 11.6 Å². The van der Waals surface area contributed by atoms with E-state index in [0.29, 0.717) is 6.61 Å². The molecule has 0 aliphatic heterocycles. The lowest BCUT2D eigenvalue weighted by molar-refractivity contribution is 0.271. The zero-order valence-electron chi connectivity index (χ0n) is 7.35. The molecule has 0 rings (SSSR count). The van der Waals surface area contributed by atoms with Crippen LogP contribution >= 0.6 is 11.6 Å². The lowest BCUT2D eigenvalue weighted by Gasteiger charge is -2.08. The third-order valence-corrected chi connectivity index (χ3v) is 2.20. The van der Waals surface area contributed by atoms with Crippen LogP contribution in [0.25, 0.3) is 0 Å². The predicted octanol–water partition coefficient (Wildman–Crippen LogP) is 2.80. The van der Waals surface area contributed by atoms with Gasteiger partial charge in [-0.25, -0.2) is 0 Å². The fourth-order valence-electron chi connectivity index (χ4n) is 1.17. The van der Waals surface area contributed by atoms with E-state index in [1.54, 1.807) is 0 Å². The molecule has 0 aromatic heterocycles. The van der Waals surface area contributed by atoms with Crippen molar-refractivity contribution in [2.45, 2.75) is 39.0 Å². The van der Waals surface area contributed by atoms with Gasteiger partial charge in [-0.3, -0.25) is 0 Å². The standard InChI is InChI=1S/C9H19ClO/c1-9(6-4-8-11)5-2-3-7-10/h9,11H,2-8H2,1H3/t9-/m1/s1. The SMILES string of the molecule is C[C@@H](CCCO)CCCCCl. The van der Waals surface area contributed by atoms with Crippen molar-refractivity contribution in [1.82, 2.24) is 0 Å². The molecule has 0 spiro atoms. The Labute approximate surface area is 74.8 Å². The molecule has 0 aromatic carbocycles. The van der Waals surface area contributed by atoms with Crippen LogP contribution in [0.1, 0.15) is 39.0 Å². The van der Waals surface area contributed by atoms with Crippen LogP contribution in [0.3, 0.4) is 0 Å². The third kappa shape index (κ3) is 8.15. The van der Waals surface area contributed by atoms with E-state index in [0.717, 1.165) is 31.1 Å². The summed E-state index contributed by atoms with van der Waals surface area (Å²) in [5.41, 5.74) is 0. The van der Waals surface area contributed by atoms with Gasteiger partial charge in [-0.15, -0.1) is 11.6 Å². The average Bonchev–Trinajstić information content (AvgIpc) is 2.01. The van der Waals surface area contributed by atoms with E-state index in [2.05, 4.69) is 6.92 Å². The van der Waals surface area contributed by atoms with Crippen molar-refractivity contribution in [3.05, 3.63) is 0 Å². The van der Waals surface area contributed by atoms with Crippen LogP contribution in [0.4, 0.5) is 0 Å². The Balaban J connectivity index is 3.02. The molecule has 0 aliphatic rings. The molecule has 1 nitrogen and oxygen atoms in total. The highest BCUT2D eigenvalue weighted by atomic mass is 35.5. The second-order valence-electron chi connectivity index (χ2n) is 3.16. The van der Waals surface area contributed by atoms with Gasteiger partial charge in [0.15, 0.2) is 0 Å². The summed E-state index contributed by atoms with van der Waals surface area (Å²) in [6.45, 7) is 2.57. The van der Waals surface area contributed by atoms with Gasteiger partial charge in [0, 0.05) is 12.5 Å². The predicted molar refractivity (Wildman–Crippen MR) is 50.1 cm³/mol. The van der Waals surface area contributed by atoms with Gasteiger partial charge in [-0.05, 0) is 25.2 Å². The molecule has 0 radical (unpaired) electrons. The molecular formula is C9H19ClO. The number of unbranched alkanes of at least 4 members (excludes halogenated alkanes) is 1. The Bertz CT molecular complexity index is 76.0. The quantitative estimate of drug-likeness (QED) is 0.470. The van der Waals surface area contributed by atoms with E-state index in [9.17, 15) is 0 Å². The number of halogens is 1.